The van der Waals surface area contributed by atoms with E-state index in [0.717, 1.165) is 17.9 Å². The van der Waals surface area contributed by atoms with Gasteiger partial charge in [0, 0.05) is 5.75 Å². The number of hydrogen-bond donors (Lipinski definition) is 1. The molecule has 0 bridgehead atoms. The normalized spacial score (nSPS) is 11.9. The van der Waals surface area contributed by atoms with E-state index in [-0.39, 0.29) is 5.97 Å². The van der Waals surface area contributed by atoms with Crippen molar-refractivity contribution in [3.8, 4) is 5.75 Å². The zero-order chi connectivity index (χ0) is 13.4. The molecule has 0 radical (unpaired) electrons. The molecule has 0 aromatic heterocycles. The smallest absolute Gasteiger partial charge is 0.323 e. The number of methoxy groups -OCH3 is 2. The number of carbonyl (C=O) groups is 1. The van der Waals surface area contributed by atoms with E-state index in [2.05, 4.69) is 4.74 Å². The minimum Gasteiger partial charge on any atom is -0.497 e. The zero-order valence-electron chi connectivity index (χ0n) is 10.7. The van der Waals surface area contributed by atoms with Crippen LogP contribution in [-0.4, -0.2) is 37.7 Å². The van der Waals surface area contributed by atoms with Crippen LogP contribution in [-0.2, 0) is 16.0 Å². The first-order chi connectivity index (χ1) is 8.67. The predicted octanol–water partition coefficient (Wildman–Crippen LogP) is 1.47. The van der Waals surface area contributed by atoms with E-state index in [1.807, 2.05) is 24.3 Å². The fraction of sp³-hybridized carbons (Fsp3) is 0.462. The Morgan fingerprint density at radius 1 is 1.33 bits per heavy atom. The topological polar surface area (TPSA) is 61.5 Å². The number of carbonyl (C=O) groups excluding carboxylic acids is 1. The molecule has 0 amide bonds. The van der Waals surface area contributed by atoms with Gasteiger partial charge in [-0.25, -0.2) is 0 Å². The minimum absolute atomic E-state index is 0.355. The third-order valence-corrected chi connectivity index (χ3v) is 3.58. The molecule has 0 spiro atoms. The summed E-state index contributed by atoms with van der Waals surface area (Å²) in [7, 11) is 3.00. The van der Waals surface area contributed by atoms with E-state index >= 15 is 0 Å². The second-order valence-electron chi connectivity index (χ2n) is 3.80. The molecule has 1 atom stereocenters. The van der Waals surface area contributed by atoms with Gasteiger partial charge < -0.3 is 15.2 Å². The van der Waals surface area contributed by atoms with Crippen molar-refractivity contribution >= 4 is 17.7 Å². The van der Waals surface area contributed by atoms with Crippen molar-refractivity contribution in [1.29, 1.82) is 0 Å². The summed E-state index contributed by atoms with van der Waals surface area (Å²) < 4.78 is 9.65. The summed E-state index contributed by atoms with van der Waals surface area (Å²) in [6.07, 6.45) is 0.947. The lowest BCUT2D eigenvalue weighted by molar-refractivity contribution is -0.141. The summed E-state index contributed by atoms with van der Waals surface area (Å²) in [5.41, 5.74) is 6.88. The molecule has 0 saturated carbocycles. The highest BCUT2D eigenvalue weighted by Crippen LogP contribution is 2.13. The first kappa shape index (κ1) is 14.9. The fourth-order valence-electron chi connectivity index (χ4n) is 1.41. The second kappa shape index (κ2) is 8.00. The van der Waals surface area contributed by atoms with Gasteiger partial charge in [0.25, 0.3) is 0 Å². The SMILES string of the molecule is COC(=O)C(N)CSCCc1ccc(OC)cc1. The Kier molecular flexibility index (Phi) is 6.60. The third kappa shape index (κ3) is 4.98. The van der Waals surface area contributed by atoms with Gasteiger partial charge in [0.05, 0.1) is 14.2 Å². The lowest BCUT2D eigenvalue weighted by atomic mass is 10.2. The van der Waals surface area contributed by atoms with Crippen LogP contribution in [0.25, 0.3) is 0 Å². The van der Waals surface area contributed by atoms with E-state index in [1.165, 1.54) is 12.7 Å². The summed E-state index contributed by atoms with van der Waals surface area (Å²) in [5, 5.41) is 0. The quantitative estimate of drug-likeness (QED) is 0.600. The van der Waals surface area contributed by atoms with Crippen molar-refractivity contribution in [3.63, 3.8) is 0 Å². The Balaban J connectivity index is 2.23. The summed E-state index contributed by atoms with van der Waals surface area (Å²) in [6.45, 7) is 0. The average molecular weight is 269 g/mol. The number of thioether (sulfide) groups is 1. The number of nitrogens with two attached hydrogens (primary N) is 1. The first-order valence-electron chi connectivity index (χ1n) is 5.71. The molecule has 5 heteroatoms. The maximum atomic E-state index is 11.1. The highest BCUT2D eigenvalue weighted by Gasteiger charge is 2.12. The molecular formula is C13H19NO3S. The van der Waals surface area contributed by atoms with E-state index < -0.39 is 6.04 Å². The van der Waals surface area contributed by atoms with Gasteiger partial charge in [-0.15, -0.1) is 0 Å². The molecule has 0 fully saturated rings. The van der Waals surface area contributed by atoms with Crippen LogP contribution in [0, 0.1) is 0 Å². The molecule has 0 aliphatic rings. The number of rotatable bonds is 7. The summed E-state index contributed by atoms with van der Waals surface area (Å²) in [6, 6.07) is 7.44. The summed E-state index contributed by atoms with van der Waals surface area (Å²) >= 11 is 1.65. The molecule has 1 unspecified atom stereocenters. The fourth-order valence-corrected chi connectivity index (χ4v) is 2.35. The Hall–Kier alpha value is -1.20. The Labute approximate surface area is 112 Å². The monoisotopic (exact) mass is 269 g/mol. The van der Waals surface area contributed by atoms with Gasteiger partial charge >= 0.3 is 5.97 Å². The predicted molar refractivity (Wildman–Crippen MR) is 74.0 cm³/mol. The van der Waals surface area contributed by atoms with Gasteiger partial charge in [-0.2, -0.15) is 11.8 Å². The lowest BCUT2D eigenvalue weighted by Gasteiger charge is -2.08. The molecular weight excluding hydrogens is 250 g/mol. The molecule has 2 N–H and O–H groups in total. The second-order valence-corrected chi connectivity index (χ2v) is 4.95. The van der Waals surface area contributed by atoms with Crippen molar-refractivity contribution in [2.24, 2.45) is 5.73 Å². The van der Waals surface area contributed by atoms with Crippen molar-refractivity contribution in [2.45, 2.75) is 12.5 Å². The van der Waals surface area contributed by atoms with Crippen molar-refractivity contribution in [2.75, 3.05) is 25.7 Å². The molecule has 1 aromatic rings. The first-order valence-corrected chi connectivity index (χ1v) is 6.87. The maximum absolute atomic E-state index is 11.1. The highest BCUT2D eigenvalue weighted by atomic mass is 32.2. The Bertz CT molecular complexity index is 367. The van der Waals surface area contributed by atoms with Crippen LogP contribution in [0.4, 0.5) is 0 Å². The van der Waals surface area contributed by atoms with E-state index in [1.54, 1.807) is 18.9 Å². The number of benzene rings is 1. The van der Waals surface area contributed by atoms with Crippen LogP contribution in [0.5, 0.6) is 5.75 Å². The highest BCUT2D eigenvalue weighted by molar-refractivity contribution is 7.99. The van der Waals surface area contributed by atoms with Crippen molar-refractivity contribution < 1.29 is 14.3 Å². The number of ether oxygens (including phenoxy) is 2. The van der Waals surface area contributed by atoms with E-state index in [4.69, 9.17) is 10.5 Å². The van der Waals surface area contributed by atoms with Crippen LogP contribution in [0.15, 0.2) is 24.3 Å². The molecule has 0 heterocycles. The van der Waals surface area contributed by atoms with Gasteiger partial charge in [-0.05, 0) is 29.9 Å². The molecule has 0 aliphatic carbocycles. The summed E-state index contributed by atoms with van der Waals surface area (Å²) in [4.78, 5) is 11.1. The van der Waals surface area contributed by atoms with Gasteiger partial charge in [-0.1, -0.05) is 12.1 Å². The van der Waals surface area contributed by atoms with Crippen LogP contribution in [0.2, 0.25) is 0 Å². The number of esters is 1. The minimum atomic E-state index is -0.532. The summed E-state index contributed by atoms with van der Waals surface area (Å²) in [5.74, 6) is 2.02. The van der Waals surface area contributed by atoms with Gasteiger partial charge in [0.15, 0.2) is 0 Å². The maximum Gasteiger partial charge on any atom is 0.323 e. The molecule has 0 aliphatic heterocycles. The zero-order valence-corrected chi connectivity index (χ0v) is 11.5. The van der Waals surface area contributed by atoms with Gasteiger partial charge in [-0.3, -0.25) is 4.79 Å². The van der Waals surface area contributed by atoms with Crippen LogP contribution in [0.1, 0.15) is 5.56 Å². The Morgan fingerprint density at radius 2 is 2.00 bits per heavy atom. The molecule has 1 rings (SSSR count). The van der Waals surface area contributed by atoms with Crippen molar-refractivity contribution in [3.05, 3.63) is 29.8 Å². The molecule has 1 aromatic carbocycles. The molecule has 4 nitrogen and oxygen atoms in total. The average Bonchev–Trinajstić information content (AvgIpc) is 2.43. The lowest BCUT2D eigenvalue weighted by Crippen LogP contribution is -2.34. The van der Waals surface area contributed by atoms with Gasteiger partial charge in [0.1, 0.15) is 11.8 Å². The van der Waals surface area contributed by atoms with E-state index in [0.29, 0.717) is 5.75 Å². The largest absolute Gasteiger partial charge is 0.497 e. The van der Waals surface area contributed by atoms with Crippen molar-refractivity contribution in [1.82, 2.24) is 0 Å². The molecule has 0 saturated heterocycles. The van der Waals surface area contributed by atoms with Crippen LogP contribution < -0.4 is 10.5 Å². The molecule has 100 valence electrons. The van der Waals surface area contributed by atoms with Crippen LogP contribution in [0.3, 0.4) is 0 Å². The number of aryl methyl sites for hydroxylation is 1. The van der Waals surface area contributed by atoms with E-state index in [9.17, 15) is 4.79 Å². The van der Waals surface area contributed by atoms with Crippen LogP contribution >= 0.6 is 11.8 Å². The third-order valence-electron chi connectivity index (χ3n) is 2.50. The molecule has 18 heavy (non-hydrogen) atoms. The number of hydrogen-bond acceptors (Lipinski definition) is 5. The van der Waals surface area contributed by atoms with Gasteiger partial charge in [0.2, 0.25) is 0 Å². The standard InChI is InChI=1S/C13H19NO3S/c1-16-11-5-3-10(4-6-11)7-8-18-9-12(14)13(15)17-2/h3-6,12H,7-9,14H2,1-2H3. The Morgan fingerprint density at radius 3 is 2.56 bits per heavy atom.